The molecule has 1 fully saturated rings. The van der Waals surface area contributed by atoms with Crippen LogP contribution in [-0.2, 0) is 4.43 Å². The molecule has 0 heterocycles. The first-order chi connectivity index (χ1) is 7.78. The molecule has 0 unspecified atom stereocenters. The summed E-state index contributed by atoms with van der Waals surface area (Å²) in [6.45, 7) is 13.0. The largest absolute Gasteiger partial charge is 0.410 e. The second kappa shape index (κ2) is 5.37. The summed E-state index contributed by atoms with van der Waals surface area (Å²) in [7, 11) is -1.98. The Bertz CT molecular complexity index is 234. The SMILES string of the molecule is CC(C)[Si](O[C@H]1[C@@H](F)[C@@H]1CO)(C(C)C)C(C)C. The van der Waals surface area contributed by atoms with E-state index in [-0.39, 0.29) is 18.6 Å². The first-order valence-corrected chi connectivity index (χ1v) is 8.85. The van der Waals surface area contributed by atoms with Gasteiger partial charge < -0.3 is 9.53 Å². The molecule has 102 valence electrons. The summed E-state index contributed by atoms with van der Waals surface area (Å²) in [5, 5.41) is 9.05. The van der Waals surface area contributed by atoms with Gasteiger partial charge in [0.1, 0.15) is 6.17 Å². The van der Waals surface area contributed by atoms with Crippen LogP contribution in [-0.4, -0.2) is 32.3 Å². The van der Waals surface area contributed by atoms with Crippen LogP contribution in [0.2, 0.25) is 16.6 Å². The fourth-order valence-electron chi connectivity index (χ4n) is 3.30. The molecule has 0 radical (unpaired) electrons. The third-order valence-corrected chi connectivity index (χ3v) is 10.4. The summed E-state index contributed by atoms with van der Waals surface area (Å²) >= 11 is 0. The van der Waals surface area contributed by atoms with E-state index in [4.69, 9.17) is 9.53 Å². The van der Waals surface area contributed by atoms with Gasteiger partial charge in [-0.15, -0.1) is 0 Å². The Balaban J connectivity index is 2.85. The van der Waals surface area contributed by atoms with Gasteiger partial charge in [-0.25, -0.2) is 4.39 Å². The van der Waals surface area contributed by atoms with E-state index in [2.05, 4.69) is 41.5 Å². The van der Waals surface area contributed by atoms with Crippen molar-refractivity contribution in [1.82, 2.24) is 0 Å². The number of aliphatic hydroxyl groups excluding tert-OH is 1. The van der Waals surface area contributed by atoms with Crippen molar-refractivity contribution in [1.29, 1.82) is 0 Å². The smallest absolute Gasteiger partial charge is 0.200 e. The highest BCUT2D eigenvalue weighted by molar-refractivity contribution is 6.77. The third-order valence-electron chi connectivity index (χ3n) is 4.26. The van der Waals surface area contributed by atoms with Crippen LogP contribution in [0.3, 0.4) is 0 Å². The van der Waals surface area contributed by atoms with Crippen LogP contribution < -0.4 is 0 Å². The minimum absolute atomic E-state index is 0.0927. The molecule has 0 bridgehead atoms. The van der Waals surface area contributed by atoms with Crippen LogP contribution in [0.4, 0.5) is 4.39 Å². The molecule has 17 heavy (non-hydrogen) atoms. The number of rotatable bonds is 6. The minimum Gasteiger partial charge on any atom is -0.410 e. The van der Waals surface area contributed by atoms with Crippen molar-refractivity contribution in [3.05, 3.63) is 0 Å². The average molecular weight is 262 g/mol. The fraction of sp³-hybridized carbons (Fsp3) is 1.00. The number of hydrogen-bond donors (Lipinski definition) is 1. The van der Waals surface area contributed by atoms with E-state index in [1.807, 2.05) is 0 Å². The zero-order valence-electron chi connectivity index (χ0n) is 11.9. The number of aliphatic hydroxyl groups is 1. The van der Waals surface area contributed by atoms with Crippen molar-refractivity contribution >= 4 is 8.32 Å². The molecule has 0 aromatic heterocycles. The Morgan fingerprint density at radius 3 is 1.71 bits per heavy atom. The molecule has 1 aliphatic carbocycles. The van der Waals surface area contributed by atoms with Crippen LogP contribution in [0.5, 0.6) is 0 Å². The van der Waals surface area contributed by atoms with Crippen molar-refractivity contribution in [3.63, 3.8) is 0 Å². The van der Waals surface area contributed by atoms with Crippen LogP contribution in [0.1, 0.15) is 41.5 Å². The van der Waals surface area contributed by atoms with Gasteiger partial charge in [-0.1, -0.05) is 41.5 Å². The second-order valence-electron chi connectivity index (χ2n) is 6.19. The van der Waals surface area contributed by atoms with E-state index in [0.29, 0.717) is 16.6 Å². The lowest BCUT2D eigenvalue weighted by atomic mass is 10.5. The summed E-state index contributed by atoms with van der Waals surface area (Å²) in [5.74, 6) is -0.280. The molecule has 4 heteroatoms. The zero-order valence-corrected chi connectivity index (χ0v) is 12.9. The van der Waals surface area contributed by atoms with Gasteiger partial charge in [0.15, 0.2) is 0 Å². The van der Waals surface area contributed by atoms with Crippen molar-refractivity contribution in [3.8, 4) is 0 Å². The molecule has 2 nitrogen and oxygen atoms in total. The standard InChI is InChI=1S/C13H27FO2Si/c1-8(2)17(9(3)4,10(5)6)16-13-11(7-15)12(13)14/h8-13,15H,7H2,1-6H3/t11-,12-,13+/m0/s1. The third kappa shape index (κ3) is 2.59. The van der Waals surface area contributed by atoms with Crippen molar-refractivity contribution in [2.45, 2.75) is 70.4 Å². The predicted octanol–water partition coefficient (Wildman–Crippen LogP) is 3.51. The van der Waals surface area contributed by atoms with Crippen LogP contribution >= 0.6 is 0 Å². The van der Waals surface area contributed by atoms with Crippen LogP contribution in [0.25, 0.3) is 0 Å². The summed E-state index contributed by atoms with van der Waals surface area (Å²) in [6, 6.07) is 0. The Kier molecular flexibility index (Phi) is 4.78. The molecule has 0 aromatic rings. The van der Waals surface area contributed by atoms with Gasteiger partial charge in [0.05, 0.1) is 12.7 Å². The molecule has 3 atom stereocenters. The van der Waals surface area contributed by atoms with E-state index < -0.39 is 14.5 Å². The molecule has 0 aromatic carbocycles. The molecule has 1 aliphatic rings. The lowest BCUT2D eigenvalue weighted by Crippen LogP contribution is -2.48. The second-order valence-corrected chi connectivity index (χ2v) is 11.6. The van der Waals surface area contributed by atoms with E-state index in [1.165, 1.54) is 0 Å². The molecule has 0 amide bonds. The lowest BCUT2D eigenvalue weighted by Gasteiger charge is -2.42. The first kappa shape index (κ1) is 15.1. The fourth-order valence-corrected chi connectivity index (χ4v) is 8.90. The Morgan fingerprint density at radius 2 is 1.47 bits per heavy atom. The molecule has 0 spiro atoms. The molecule has 1 saturated carbocycles. The highest BCUT2D eigenvalue weighted by Gasteiger charge is 2.58. The number of halogens is 1. The number of alkyl halides is 1. The maximum Gasteiger partial charge on any atom is 0.200 e. The molecular formula is C13H27FO2Si. The summed E-state index contributed by atoms with van der Waals surface area (Å²) < 4.78 is 19.8. The van der Waals surface area contributed by atoms with Gasteiger partial charge in [0.25, 0.3) is 0 Å². The normalized spacial score (nSPS) is 29.5. The first-order valence-electron chi connectivity index (χ1n) is 6.71. The predicted molar refractivity (Wildman–Crippen MR) is 71.4 cm³/mol. The van der Waals surface area contributed by atoms with E-state index in [9.17, 15) is 4.39 Å². The van der Waals surface area contributed by atoms with Gasteiger partial charge in [0, 0.05) is 5.92 Å². The molecule has 0 aliphatic heterocycles. The Labute approximate surface area is 106 Å². The highest BCUT2D eigenvalue weighted by Crippen LogP contribution is 2.48. The lowest BCUT2D eigenvalue weighted by molar-refractivity contribution is 0.204. The van der Waals surface area contributed by atoms with Gasteiger partial charge >= 0.3 is 0 Å². The van der Waals surface area contributed by atoms with Crippen molar-refractivity contribution in [2.24, 2.45) is 5.92 Å². The summed E-state index contributed by atoms with van der Waals surface area (Å²) in [5.41, 5.74) is 1.40. The maximum absolute atomic E-state index is 13.5. The van der Waals surface area contributed by atoms with Crippen molar-refractivity contribution < 1.29 is 13.9 Å². The maximum atomic E-state index is 13.5. The summed E-state index contributed by atoms with van der Waals surface area (Å²) in [4.78, 5) is 0. The van der Waals surface area contributed by atoms with Crippen LogP contribution in [0.15, 0.2) is 0 Å². The molecule has 1 N–H and O–H groups in total. The van der Waals surface area contributed by atoms with E-state index >= 15 is 0 Å². The summed E-state index contributed by atoms with van der Waals surface area (Å²) in [6.07, 6.45) is -1.30. The van der Waals surface area contributed by atoms with Gasteiger partial charge in [-0.05, 0) is 16.6 Å². The van der Waals surface area contributed by atoms with E-state index in [1.54, 1.807) is 0 Å². The van der Waals surface area contributed by atoms with Crippen LogP contribution in [0, 0.1) is 5.92 Å². The topological polar surface area (TPSA) is 29.5 Å². The van der Waals surface area contributed by atoms with Crippen molar-refractivity contribution in [2.75, 3.05) is 6.61 Å². The van der Waals surface area contributed by atoms with E-state index in [0.717, 1.165) is 0 Å². The Hall–Kier alpha value is 0.0669. The van der Waals surface area contributed by atoms with Gasteiger partial charge in [0.2, 0.25) is 8.32 Å². The van der Waals surface area contributed by atoms with Gasteiger partial charge in [-0.3, -0.25) is 0 Å². The molecular weight excluding hydrogens is 235 g/mol. The molecule has 0 saturated heterocycles. The highest BCUT2D eigenvalue weighted by atomic mass is 28.4. The number of hydrogen-bond acceptors (Lipinski definition) is 2. The zero-order chi connectivity index (χ0) is 13.4. The Morgan fingerprint density at radius 1 is 1.06 bits per heavy atom. The average Bonchev–Trinajstić information content (AvgIpc) is 2.82. The monoisotopic (exact) mass is 262 g/mol. The molecule has 1 rings (SSSR count). The van der Waals surface area contributed by atoms with Gasteiger partial charge in [-0.2, -0.15) is 0 Å². The quantitative estimate of drug-likeness (QED) is 0.742. The minimum atomic E-state index is -1.98.